The van der Waals surface area contributed by atoms with Crippen LogP contribution in [0.4, 0.5) is 20.2 Å². The van der Waals surface area contributed by atoms with Crippen LogP contribution in [0.15, 0.2) is 42.5 Å². The van der Waals surface area contributed by atoms with E-state index in [-0.39, 0.29) is 10.7 Å². The van der Waals surface area contributed by atoms with Crippen molar-refractivity contribution in [1.82, 2.24) is 0 Å². The predicted molar refractivity (Wildman–Crippen MR) is 97.7 cm³/mol. The number of ether oxygens (including phenoxy) is 1. The fourth-order valence-electron chi connectivity index (χ4n) is 2.03. The Hall–Kier alpha value is -3.33. The zero-order valence-electron chi connectivity index (χ0n) is 14.3. The molecule has 2 aromatic carbocycles. The van der Waals surface area contributed by atoms with Gasteiger partial charge >= 0.3 is 5.97 Å². The van der Waals surface area contributed by atoms with Crippen molar-refractivity contribution in [3.63, 3.8) is 0 Å². The smallest absolute Gasteiger partial charge is 0.331 e. The highest BCUT2D eigenvalue weighted by Crippen LogP contribution is 2.25. The van der Waals surface area contributed by atoms with Gasteiger partial charge in [0.1, 0.15) is 16.7 Å². The van der Waals surface area contributed by atoms with Crippen molar-refractivity contribution in [2.75, 3.05) is 5.32 Å². The molecule has 1 unspecified atom stereocenters. The van der Waals surface area contributed by atoms with E-state index in [9.17, 15) is 28.5 Å². The summed E-state index contributed by atoms with van der Waals surface area (Å²) in [4.78, 5) is 33.9. The average molecular weight is 411 g/mol. The Balaban J connectivity index is 1.99. The minimum absolute atomic E-state index is 0.0559. The second kappa shape index (κ2) is 9.05. The molecule has 0 aromatic heterocycles. The first-order chi connectivity index (χ1) is 13.2. The Labute approximate surface area is 162 Å². The van der Waals surface area contributed by atoms with Crippen LogP contribution >= 0.6 is 11.6 Å². The normalized spacial score (nSPS) is 11.9. The number of anilines is 1. The summed E-state index contributed by atoms with van der Waals surface area (Å²) in [5, 5.41) is 12.9. The van der Waals surface area contributed by atoms with Crippen molar-refractivity contribution < 1.29 is 28.0 Å². The monoisotopic (exact) mass is 410 g/mol. The maximum atomic E-state index is 13.5. The van der Waals surface area contributed by atoms with Crippen molar-refractivity contribution >= 4 is 40.9 Å². The van der Waals surface area contributed by atoms with Crippen LogP contribution in [0.25, 0.3) is 6.08 Å². The van der Waals surface area contributed by atoms with Gasteiger partial charge in [0.2, 0.25) is 0 Å². The van der Waals surface area contributed by atoms with Crippen LogP contribution in [0.3, 0.4) is 0 Å². The number of nitro groups is 1. The number of carbonyl (C=O) groups excluding carboxylic acids is 2. The van der Waals surface area contributed by atoms with E-state index in [1.165, 1.54) is 25.1 Å². The molecule has 10 heteroatoms. The third-order valence-corrected chi connectivity index (χ3v) is 3.75. The number of benzene rings is 2. The summed E-state index contributed by atoms with van der Waals surface area (Å²) in [6, 6.07) is 6.43. The topological polar surface area (TPSA) is 98.5 Å². The molecule has 1 amide bonds. The largest absolute Gasteiger partial charge is 0.449 e. The first-order valence-electron chi connectivity index (χ1n) is 7.76. The molecule has 0 aliphatic heterocycles. The number of rotatable bonds is 6. The number of nitrogens with zero attached hydrogens (tertiary/aromatic N) is 1. The van der Waals surface area contributed by atoms with Gasteiger partial charge in [-0.15, -0.1) is 0 Å². The van der Waals surface area contributed by atoms with E-state index in [0.717, 1.165) is 30.3 Å². The Morgan fingerprint density at radius 1 is 1.25 bits per heavy atom. The number of nitro benzene ring substituents is 1. The molecule has 0 saturated carbocycles. The molecule has 7 nitrogen and oxygen atoms in total. The van der Waals surface area contributed by atoms with Crippen LogP contribution in [-0.4, -0.2) is 22.9 Å². The first kappa shape index (κ1) is 21.0. The standard InChI is InChI=1S/C18H13ClF2N2O5/c1-10(18(25)22-15-9-12(20)4-6-14(15)21)28-17(24)7-3-11-2-5-13(19)16(8-11)23(26)27/h2-10H,1H3,(H,22,25)/b7-3+. The second-order valence-corrected chi connectivity index (χ2v) is 5.90. The van der Waals surface area contributed by atoms with Gasteiger partial charge in [-0.3, -0.25) is 14.9 Å². The van der Waals surface area contributed by atoms with Gasteiger partial charge in [0.15, 0.2) is 6.10 Å². The Bertz CT molecular complexity index is 965. The molecule has 0 radical (unpaired) electrons. The molecule has 0 saturated heterocycles. The molecule has 1 atom stereocenters. The molecule has 0 bridgehead atoms. The number of amides is 1. The minimum atomic E-state index is -1.31. The third kappa shape index (κ3) is 5.58. The maximum Gasteiger partial charge on any atom is 0.331 e. The number of hydrogen-bond donors (Lipinski definition) is 1. The highest BCUT2D eigenvalue weighted by Gasteiger charge is 2.18. The number of esters is 1. The fourth-order valence-corrected chi connectivity index (χ4v) is 2.22. The zero-order chi connectivity index (χ0) is 20.8. The molecule has 2 rings (SSSR count). The van der Waals surface area contributed by atoms with Crippen LogP contribution in [0.1, 0.15) is 12.5 Å². The van der Waals surface area contributed by atoms with E-state index >= 15 is 0 Å². The Morgan fingerprint density at radius 3 is 2.64 bits per heavy atom. The Kier molecular flexibility index (Phi) is 6.78. The summed E-state index contributed by atoms with van der Waals surface area (Å²) in [5.41, 5.74) is -0.411. The number of hydrogen-bond acceptors (Lipinski definition) is 5. The number of carbonyl (C=O) groups is 2. The lowest BCUT2D eigenvalue weighted by atomic mass is 10.2. The summed E-state index contributed by atoms with van der Waals surface area (Å²) < 4.78 is 31.5. The van der Waals surface area contributed by atoms with E-state index in [2.05, 4.69) is 5.32 Å². The van der Waals surface area contributed by atoms with Gasteiger partial charge < -0.3 is 10.1 Å². The lowest BCUT2D eigenvalue weighted by Crippen LogP contribution is -2.29. The van der Waals surface area contributed by atoms with Crippen LogP contribution in [0, 0.1) is 21.7 Å². The Morgan fingerprint density at radius 2 is 1.96 bits per heavy atom. The molecule has 2 aromatic rings. The lowest BCUT2D eigenvalue weighted by molar-refractivity contribution is -0.384. The zero-order valence-corrected chi connectivity index (χ0v) is 15.1. The van der Waals surface area contributed by atoms with Crippen LogP contribution < -0.4 is 5.32 Å². The van der Waals surface area contributed by atoms with Crippen LogP contribution in [-0.2, 0) is 14.3 Å². The van der Waals surface area contributed by atoms with Gasteiger partial charge in [-0.1, -0.05) is 17.7 Å². The van der Waals surface area contributed by atoms with E-state index in [1.807, 2.05) is 0 Å². The molecule has 0 heterocycles. The summed E-state index contributed by atoms with van der Waals surface area (Å²) in [6.07, 6.45) is 0.890. The van der Waals surface area contributed by atoms with Crippen LogP contribution in [0.5, 0.6) is 0 Å². The van der Waals surface area contributed by atoms with Crippen molar-refractivity contribution in [2.24, 2.45) is 0 Å². The summed E-state index contributed by atoms with van der Waals surface area (Å²) in [7, 11) is 0. The molecule has 0 aliphatic rings. The number of nitrogens with one attached hydrogen (secondary N) is 1. The van der Waals surface area contributed by atoms with Gasteiger partial charge in [-0.2, -0.15) is 0 Å². The predicted octanol–water partition coefficient (Wildman–Crippen LogP) is 4.11. The summed E-state index contributed by atoms with van der Waals surface area (Å²) >= 11 is 5.69. The third-order valence-electron chi connectivity index (χ3n) is 3.43. The molecule has 0 spiro atoms. The molecule has 146 valence electrons. The maximum absolute atomic E-state index is 13.5. The van der Waals surface area contributed by atoms with E-state index in [4.69, 9.17) is 16.3 Å². The molecule has 0 fully saturated rings. The minimum Gasteiger partial charge on any atom is -0.449 e. The lowest BCUT2D eigenvalue weighted by Gasteiger charge is -2.12. The average Bonchev–Trinajstić information content (AvgIpc) is 2.63. The van der Waals surface area contributed by atoms with Gasteiger partial charge in [0.25, 0.3) is 11.6 Å². The highest BCUT2D eigenvalue weighted by atomic mass is 35.5. The van der Waals surface area contributed by atoms with E-state index in [0.29, 0.717) is 5.56 Å². The SMILES string of the molecule is CC(OC(=O)/C=C/c1ccc(Cl)c([N+](=O)[O-])c1)C(=O)Nc1cc(F)ccc1F. The van der Waals surface area contributed by atoms with E-state index < -0.39 is 40.2 Å². The first-order valence-corrected chi connectivity index (χ1v) is 8.13. The molecule has 28 heavy (non-hydrogen) atoms. The van der Waals surface area contributed by atoms with Crippen molar-refractivity contribution in [3.05, 3.63) is 74.8 Å². The van der Waals surface area contributed by atoms with Crippen molar-refractivity contribution in [2.45, 2.75) is 13.0 Å². The molecular weight excluding hydrogens is 398 g/mol. The van der Waals surface area contributed by atoms with Gasteiger partial charge in [0.05, 0.1) is 10.6 Å². The van der Waals surface area contributed by atoms with Gasteiger partial charge in [0, 0.05) is 18.2 Å². The molecule has 0 aliphatic carbocycles. The van der Waals surface area contributed by atoms with Crippen LogP contribution in [0.2, 0.25) is 5.02 Å². The quantitative estimate of drug-likeness (QED) is 0.334. The van der Waals surface area contributed by atoms with Crippen molar-refractivity contribution in [1.29, 1.82) is 0 Å². The molecular formula is C18H13ClF2N2O5. The summed E-state index contributed by atoms with van der Waals surface area (Å²) in [5.74, 6) is -3.38. The van der Waals surface area contributed by atoms with Gasteiger partial charge in [-0.05, 0) is 36.8 Å². The van der Waals surface area contributed by atoms with E-state index in [1.54, 1.807) is 0 Å². The highest BCUT2D eigenvalue weighted by molar-refractivity contribution is 6.32. The van der Waals surface area contributed by atoms with Crippen molar-refractivity contribution in [3.8, 4) is 0 Å². The number of halogens is 3. The summed E-state index contributed by atoms with van der Waals surface area (Å²) in [6.45, 7) is 1.24. The fraction of sp³-hybridized carbons (Fsp3) is 0.111. The molecule has 1 N–H and O–H groups in total. The second-order valence-electron chi connectivity index (χ2n) is 5.49. The van der Waals surface area contributed by atoms with Gasteiger partial charge in [-0.25, -0.2) is 13.6 Å².